The summed E-state index contributed by atoms with van der Waals surface area (Å²) in [6.45, 7) is 5.26. The predicted octanol–water partition coefficient (Wildman–Crippen LogP) is 5.77. The van der Waals surface area contributed by atoms with Gasteiger partial charge in [0.25, 0.3) is 17.7 Å². The third kappa shape index (κ3) is 7.26. The fourth-order valence-corrected chi connectivity index (χ4v) is 10.3. The van der Waals surface area contributed by atoms with Crippen molar-refractivity contribution in [3.05, 3.63) is 71.2 Å². The molecule has 322 valence electrons. The van der Waals surface area contributed by atoms with Crippen LogP contribution in [-0.2, 0) is 18.3 Å². The molecule has 6 aliphatic rings. The predicted molar refractivity (Wildman–Crippen MR) is 230 cm³/mol. The third-order valence-corrected chi connectivity index (χ3v) is 13.9. The van der Waals surface area contributed by atoms with Gasteiger partial charge in [-0.25, -0.2) is 9.97 Å². The molecule has 2 saturated heterocycles. The van der Waals surface area contributed by atoms with E-state index in [1.54, 1.807) is 47.5 Å². The number of nitrogens with one attached hydrogen (secondary N) is 1. The number of carbonyl (C=O) groups is 5. The van der Waals surface area contributed by atoms with E-state index >= 15 is 0 Å². The Balaban J connectivity index is 0.773. The van der Waals surface area contributed by atoms with Crippen molar-refractivity contribution in [2.45, 2.75) is 111 Å². The summed E-state index contributed by atoms with van der Waals surface area (Å²) in [6, 6.07) is 10.7. The number of thiocarbonyl (C=S) groups is 1. The van der Waals surface area contributed by atoms with Gasteiger partial charge < -0.3 is 14.4 Å². The molecule has 3 saturated carbocycles. The number of aromatic nitrogens is 2. The SMILES string of the molecule is CC(C)N(C[C@H]1C[C@H](Oc2ccc(N3C(=S)N(c4cnc(C#N)c(C(F)(F)I)c4)C(=O)C34CCC4)cn2)C1)[C@H]1C[C@H](Oc2ccc3c(c2)C(=O)N(C2CCC(=O)NC2=O)C3=O)C1. The fourth-order valence-electron chi connectivity index (χ4n) is 9.45. The Hall–Kier alpha value is -5.20. The second-order valence-corrected chi connectivity index (χ2v) is 18.8. The molecule has 3 aliphatic heterocycles. The zero-order chi connectivity index (χ0) is 43.8. The van der Waals surface area contributed by atoms with Gasteiger partial charge >= 0.3 is 3.93 Å². The van der Waals surface area contributed by atoms with Crippen molar-refractivity contribution in [2.75, 3.05) is 16.3 Å². The number of benzene rings is 1. The Morgan fingerprint density at radius 2 is 1.69 bits per heavy atom. The highest BCUT2D eigenvalue weighted by Gasteiger charge is 2.60. The van der Waals surface area contributed by atoms with Gasteiger partial charge in [-0.3, -0.25) is 44.0 Å². The Morgan fingerprint density at radius 1 is 0.984 bits per heavy atom. The number of pyridine rings is 2. The summed E-state index contributed by atoms with van der Waals surface area (Å²) >= 11 is 6.74. The van der Waals surface area contributed by atoms with E-state index in [9.17, 15) is 38.0 Å². The molecule has 1 N–H and O–H groups in total. The number of nitriles is 1. The molecule has 1 spiro atoms. The minimum atomic E-state index is -3.38. The van der Waals surface area contributed by atoms with E-state index in [0.29, 0.717) is 48.2 Å². The molecule has 1 atom stereocenters. The summed E-state index contributed by atoms with van der Waals surface area (Å²) in [6.07, 6.45) is 8.08. The largest absolute Gasteiger partial charge is 0.490 e. The number of amides is 5. The number of halogens is 3. The van der Waals surface area contributed by atoms with Crippen LogP contribution in [0.3, 0.4) is 0 Å². The molecule has 62 heavy (non-hydrogen) atoms. The zero-order valence-corrected chi connectivity index (χ0v) is 36.7. The minimum Gasteiger partial charge on any atom is -0.490 e. The van der Waals surface area contributed by atoms with E-state index in [1.807, 2.05) is 0 Å². The van der Waals surface area contributed by atoms with Crippen LogP contribution in [0.1, 0.15) is 104 Å². The first-order valence-electron chi connectivity index (χ1n) is 20.6. The van der Waals surface area contributed by atoms with E-state index in [1.165, 1.54) is 11.1 Å². The smallest absolute Gasteiger partial charge is 0.324 e. The van der Waals surface area contributed by atoms with Crippen LogP contribution < -0.4 is 24.6 Å². The highest BCUT2D eigenvalue weighted by atomic mass is 127. The average molecular weight is 979 g/mol. The molecule has 1 unspecified atom stereocenters. The number of rotatable bonds is 12. The van der Waals surface area contributed by atoms with E-state index in [4.69, 9.17) is 21.7 Å². The molecule has 9 rings (SSSR count). The number of hydrogen-bond donors (Lipinski definition) is 1. The lowest BCUT2D eigenvalue weighted by Crippen LogP contribution is -2.55. The zero-order valence-electron chi connectivity index (χ0n) is 33.7. The lowest BCUT2D eigenvalue weighted by molar-refractivity contribution is -0.136. The maximum Gasteiger partial charge on any atom is 0.324 e. The number of carbonyl (C=O) groups excluding carboxylic acids is 5. The summed E-state index contributed by atoms with van der Waals surface area (Å²) in [4.78, 5) is 79.2. The maximum atomic E-state index is 14.4. The van der Waals surface area contributed by atoms with Crippen molar-refractivity contribution < 1.29 is 42.2 Å². The summed E-state index contributed by atoms with van der Waals surface area (Å²) in [5.41, 5.74) is -0.927. The summed E-state index contributed by atoms with van der Waals surface area (Å²) in [5, 5.41) is 11.7. The van der Waals surface area contributed by atoms with Crippen LogP contribution in [0.2, 0.25) is 0 Å². The van der Waals surface area contributed by atoms with E-state index in [-0.39, 0.29) is 52.9 Å². The molecule has 5 fully saturated rings. The second-order valence-electron chi connectivity index (χ2n) is 17.1. The number of piperidine rings is 1. The molecular weight excluding hydrogens is 937 g/mol. The van der Waals surface area contributed by atoms with Crippen LogP contribution in [0.5, 0.6) is 11.6 Å². The Bertz CT molecular complexity index is 2450. The van der Waals surface area contributed by atoms with Gasteiger partial charge in [0.1, 0.15) is 35.6 Å². The van der Waals surface area contributed by atoms with E-state index in [2.05, 4.69) is 34.0 Å². The van der Waals surface area contributed by atoms with Gasteiger partial charge in [0, 0.05) is 66.5 Å². The quantitative estimate of drug-likeness (QED) is 0.100. The van der Waals surface area contributed by atoms with Crippen LogP contribution in [0.4, 0.5) is 20.2 Å². The first-order chi connectivity index (χ1) is 29.6. The van der Waals surface area contributed by atoms with Gasteiger partial charge in [0.15, 0.2) is 10.8 Å². The number of imide groups is 2. The highest BCUT2D eigenvalue weighted by Crippen LogP contribution is 2.49. The lowest BCUT2D eigenvalue weighted by Gasteiger charge is -2.48. The van der Waals surface area contributed by atoms with Crippen LogP contribution in [0, 0.1) is 17.2 Å². The fraction of sp³-hybridized carbons (Fsp3) is 0.465. The standard InChI is InChI=1S/C43H41F2IN8O7S/c1-22(2)51(25-14-29(15-25)60-27-5-6-30-31(17-27)39(58)53(38(30)57)34-7-8-35(55)50-37(34)56)21-23-12-28(13-23)61-36-9-4-24(19-49-36)54-41(62)52(40(59)42(54)10-3-11-42)26-16-32(43(44,45)46)33(18-47)48-20-26/h4-6,9,16-17,19-20,22-23,25,28-29,34H,3,7-8,10-15,21H2,1-2H3,(H,50,55,56)/t23-,25-,28-,29-,34?. The topological polar surface area (TPSA) is 178 Å². The van der Waals surface area contributed by atoms with Crippen molar-refractivity contribution in [1.29, 1.82) is 5.26 Å². The number of nitrogens with zero attached hydrogens (tertiary/aromatic N) is 7. The number of ether oxygens (including phenoxy) is 2. The molecule has 0 bridgehead atoms. The maximum absolute atomic E-state index is 14.4. The summed E-state index contributed by atoms with van der Waals surface area (Å²) < 4.78 is 38.0. The number of fused-ring (bicyclic) bond motifs is 1. The minimum absolute atomic E-state index is 0.0119. The normalized spacial score (nSPS) is 25.5. The van der Waals surface area contributed by atoms with Crippen LogP contribution in [0.25, 0.3) is 0 Å². The van der Waals surface area contributed by atoms with Crippen molar-refractivity contribution >= 4 is 80.8 Å². The first-order valence-corrected chi connectivity index (χ1v) is 22.1. The molecule has 3 aliphatic carbocycles. The molecule has 3 aromatic rings. The van der Waals surface area contributed by atoms with Crippen molar-refractivity contribution in [3.63, 3.8) is 0 Å². The molecule has 0 radical (unpaired) electrons. The van der Waals surface area contributed by atoms with Gasteiger partial charge in [-0.1, -0.05) is 0 Å². The third-order valence-electron chi connectivity index (χ3n) is 13.0. The van der Waals surface area contributed by atoms with Crippen molar-refractivity contribution in [1.82, 2.24) is 25.1 Å². The van der Waals surface area contributed by atoms with E-state index < -0.39 is 50.4 Å². The van der Waals surface area contributed by atoms with E-state index in [0.717, 1.165) is 72.2 Å². The monoisotopic (exact) mass is 978 g/mol. The van der Waals surface area contributed by atoms with Gasteiger partial charge in [0.2, 0.25) is 17.7 Å². The summed E-state index contributed by atoms with van der Waals surface area (Å²) in [5.74, 6) is -1.17. The average Bonchev–Trinajstić information content (AvgIpc) is 3.58. The van der Waals surface area contributed by atoms with Gasteiger partial charge in [0.05, 0.1) is 40.5 Å². The first kappa shape index (κ1) is 42.1. The lowest BCUT2D eigenvalue weighted by atomic mass is 9.75. The molecule has 1 aromatic carbocycles. The number of alkyl halides is 3. The second kappa shape index (κ2) is 15.9. The van der Waals surface area contributed by atoms with Crippen LogP contribution in [-0.4, -0.2) is 96.8 Å². The highest BCUT2D eigenvalue weighted by molar-refractivity contribution is 14.1. The molecule has 15 nitrogen and oxygen atoms in total. The van der Waals surface area contributed by atoms with Gasteiger partial charge in [-0.05, 0) is 101 Å². The Labute approximate surface area is 374 Å². The number of hydrogen-bond acceptors (Lipinski definition) is 12. The van der Waals surface area contributed by atoms with Crippen LogP contribution >= 0.6 is 34.8 Å². The molecule has 5 amide bonds. The Kier molecular flexibility index (Phi) is 10.8. The molecule has 19 heteroatoms. The van der Waals surface area contributed by atoms with Crippen molar-refractivity contribution in [2.24, 2.45) is 5.92 Å². The van der Waals surface area contributed by atoms with Gasteiger partial charge in [-0.2, -0.15) is 14.0 Å². The number of anilines is 2. The van der Waals surface area contributed by atoms with Gasteiger partial charge in [-0.15, -0.1) is 0 Å². The molecular formula is C43H41F2IN8O7S. The molecule has 5 heterocycles. The summed E-state index contributed by atoms with van der Waals surface area (Å²) in [7, 11) is 0. The van der Waals surface area contributed by atoms with Crippen LogP contribution in [0.15, 0.2) is 48.8 Å². The Morgan fingerprint density at radius 3 is 2.32 bits per heavy atom. The molecule has 2 aromatic heterocycles. The van der Waals surface area contributed by atoms with Crippen molar-refractivity contribution in [3.8, 4) is 17.7 Å².